The molecule has 4 heteroatoms. The summed E-state index contributed by atoms with van der Waals surface area (Å²) in [6, 6.07) is 5.88. The highest BCUT2D eigenvalue weighted by Gasteiger charge is 2.02. The molecule has 0 unspecified atom stereocenters. The molecule has 0 spiro atoms. The summed E-state index contributed by atoms with van der Waals surface area (Å²) in [6.07, 6.45) is 2.47. The lowest BCUT2D eigenvalue weighted by Crippen LogP contribution is -1.82. The first kappa shape index (κ1) is 8.56. The summed E-state index contributed by atoms with van der Waals surface area (Å²) in [5, 5.41) is 0. The predicted molar refractivity (Wildman–Crippen MR) is 53.2 cm³/mol. The minimum absolute atomic E-state index is 0.173. The molecule has 1 heterocycles. The average Bonchev–Trinajstić information content (AvgIpc) is 2.59. The van der Waals surface area contributed by atoms with Crippen LogP contribution in [0, 0.1) is 0 Å². The van der Waals surface area contributed by atoms with Gasteiger partial charge in [-0.25, -0.2) is 8.96 Å². The van der Waals surface area contributed by atoms with E-state index in [1.807, 2.05) is 18.2 Å². The number of hydrogen-bond donors (Lipinski definition) is 0. The lowest BCUT2D eigenvalue weighted by Gasteiger charge is -1.96. The van der Waals surface area contributed by atoms with Crippen molar-refractivity contribution in [3.63, 3.8) is 0 Å². The second-order valence-electron chi connectivity index (χ2n) is 2.82. The molecule has 1 aromatic carbocycles. The van der Waals surface area contributed by atoms with E-state index < -0.39 is 0 Å². The van der Waals surface area contributed by atoms with Gasteiger partial charge < -0.3 is 0 Å². The maximum absolute atomic E-state index is 12.3. The van der Waals surface area contributed by atoms with Crippen molar-refractivity contribution in [2.24, 2.45) is 0 Å². The van der Waals surface area contributed by atoms with E-state index >= 15 is 0 Å². The fourth-order valence-electron chi connectivity index (χ4n) is 1.31. The van der Waals surface area contributed by atoms with Crippen molar-refractivity contribution >= 4 is 23.4 Å². The third kappa shape index (κ3) is 1.42. The van der Waals surface area contributed by atoms with Crippen molar-refractivity contribution < 1.29 is 3.89 Å². The Morgan fingerprint density at radius 3 is 3.08 bits per heavy atom. The van der Waals surface area contributed by atoms with E-state index in [1.165, 1.54) is 15.9 Å². The number of aryl methyl sites for hydroxylation is 1. The van der Waals surface area contributed by atoms with Gasteiger partial charge >= 0.3 is 0 Å². The van der Waals surface area contributed by atoms with Crippen molar-refractivity contribution in [2.45, 2.75) is 13.3 Å². The molecule has 0 saturated heterocycles. The Bertz CT molecular complexity index is 424. The zero-order valence-electron chi connectivity index (χ0n) is 7.20. The third-order valence-electron chi connectivity index (χ3n) is 2.06. The fraction of sp³-hybridized carbons (Fsp3) is 0.222. The Labute approximate surface area is 80.2 Å². The van der Waals surface area contributed by atoms with Crippen LogP contribution in [0.15, 0.2) is 24.5 Å². The van der Waals surface area contributed by atoms with Crippen LogP contribution in [0.3, 0.4) is 0 Å². The highest BCUT2D eigenvalue weighted by atomic mass is 32.2. The van der Waals surface area contributed by atoms with E-state index in [0.717, 1.165) is 17.5 Å². The Morgan fingerprint density at radius 1 is 1.54 bits per heavy atom. The maximum Gasteiger partial charge on any atom is 0.171 e. The van der Waals surface area contributed by atoms with Gasteiger partial charge in [-0.15, -0.1) is 3.89 Å². The van der Waals surface area contributed by atoms with Crippen LogP contribution < -0.4 is 0 Å². The summed E-state index contributed by atoms with van der Waals surface area (Å²) in [5.74, 6) is 0. The van der Waals surface area contributed by atoms with E-state index in [2.05, 4.69) is 11.9 Å². The molecule has 13 heavy (non-hydrogen) atoms. The standard InChI is InChI=1S/C9H9FN2S/c1-2-7-3-4-9-8(5-7)11-6-12(9)13-10/h3-6H,2H2,1H3. The Hall–Kier alpha value is -1.03. The van der Waals surface area contributed by atoms with Crippen molar-refractivity contribution in [1.29, 1.82) is 0 Å². The number of hydrogen-bond acceptors (Lipinski definition) is 2. The zero-order valence-corrected chi connectivity index (χ0v) is 8.01. The number of fused-ring (bicyclic) bond motifs is 1. The average molecular weight is 196 g/mol. The van der Waals surface area contributed by atoms with E-state index in [-0.39, 0.29) is 12.3 Å². The van der Waals surface area contributed by atoms with Crippen LogP contribution in [0.25, 0.3) is 11.0 Å². The molecule has 2 aromatic rings. The lowest BCUT2D eigenvalue weighted by molar-refractivity contribution is 0.919. The monoisotopic (exact) mass is 196 g/mol. The molecule has 2 rings (SSSR count). The van der Waals surface area contributed by atoms with Crippen molar-refractivity contribution in [1.82, 2.24) is 8.96 Å². The Morgan fingerprint density at radius 2 is 2.38 bits per heavy atom. The van der Waals surface area contributed by atoms with Gasteiger partial charge in [0.2, 0.25) is 0 Å². The number of halogens is 1. The van der Waals surface area contributed by atoms with Gasteiger partial charge in [0.25, 0.3) is 0 Å². The summed E-state index contributed by atoms with van der Waals surface area (Å²) >= 11 is 0.173. The Balaban J connectivity index is 2.61. The van der Waals surface area contributed by atoms with Gasteiger partial charge in [-0.1, -0.05) is 13.0 Å². The van der Waals surface area contributed by atoms with Crippen molar-refractivity contribution in [3.05, 3.63) is 30.1 Å². The molecule has 0 fully saturated rings. The lowest BCUT2D eigenvalue weighted by atomic mass is 10.1. The first-order valence-corrected chi connectivity index (χ1v) is 4.77. The van der Waals surface area contributed by atoms with Crippen LogP contribution in [0.1, 0.15) is 12.5 Å². The van der Waals surface area contributed by atoms with Gasteiger partial charge in [0.15, 0.2) is 12.3 Å². The summed E-state index contributed by atoms with van der Waals surface area (Å²) in [5.41, 5.74) is 2.90. The largest absolute Gasteiger partial charge is 0.245 e. The summed E-state index contributed by atoms with van der Waals surface area (Å²) < 4.78 is 13.7. The van der Waals surface area contributed by atoms with E-state index in [0.29, 0.717) is 0 Å². The molecule has 0 saturated carbocycles. The fourth-order valence-corrected chi connectivity index (χ4v) is 1.62. The molecular weight excluding hydrogens is 187 g/mol. The minimum Gasteiger partial charge on any atom is -0.245 e. The first-order valence-electron chi connectivity index (χ1n) is 4.10. The molecule has 68 valence electrons. The maximum atomic E-state index is 12.3. The second kappa shape index (κ2) is 3.38. The minimum atomic E-state index is 0.173. The third-order valence-corrected chi connectivity index (χ3v) is 2.50. The molecular formula is C9H9FN2S. The van der Waals surface area contributed by atoms with Gasteiger partial charge in [-0.3, -0.25) is 0 Å². The first-order chi connectivity index (χ1) is 6.35. The van der Waals surface area contributed by atoms with E-state index in [1.54, 1.807) is 0 Å². The number of aromatic nitrogens is 2. The number of benzene rings is 1. The van der Waals surface area contributed by atoms with E-state index in [4.69, 9.17) is 0 Å². The highest BCUT2D eigenvalue weighted by molar-refractivity contribution is 7.92. The summed E-state index contributed by atoms with van der Waals surface area (Å²) in [6.45, 7) is 2.09. The molecule has 0 aliphatic rings. The highest BCUT2D eigenvalue weighted by Crippen LogP contribution is 2.20. The molecule has 1 aromatic heterocycles. The van der Waals surface area contributed by atoms with Gasteiger partial charge in [0.05, 0.1) is 11.0 Å². The molecule has 0 amide bonds. The van der Waals surface area contributed by atoms with Gasteiger partial charge in [0, 0.05) is 0 Å². The molecule has 2 nitrogen and oxygen atoms in total. The van der Waals surface area contributed by atoms with Crippen LogP contribution in [0.4, 0.5) is 3.89 Å². The normalized spacial score (nSPS) is 10.9. The molecule has 0 bridgehead atoms. The van der Waals surface area contributed by atoms with Crippen LogP contribution >= 0.6 is 12.3 Å². The smallest absolute Gasteiger partial charge is 0.171 e. The SMILES string of the molecule is CCc1ccc2c(c1)ncn2SF. The number of rotatable bonds is 2. The van der Waals surface area contributed by atoms with Crippen LogP contribution in [-0.4, -0.2) is 8.96 Å². The summed E-state index contributed by atoms with van der Waals surface area (Å²) in [4.78, 5) is 4.10. The van der Waals surface area contributed by atoms with Crippen LogP contribution in [0.2, 0.25) is 0 Å². The van der Waals surface area contributed by atoms with Gasteiger partial charge in [0.1, 0.15) is 6.33 Å². The van der Waals surface area contributed by atoms with Crippen molar-refractivity contribution in [3.8, 4) is 0 Å². The van der Waals surface area contributed by atoms with Crippen LogP contribution in [-0.2, 0) is 6.42 Å². The van der Waals surface area contributed by atoms with E-state index in [9.17, 15) is 3.89 Å². The number of imidazole rings is 1. The predicted octanol–water partition coefficient (Wildman–Crippen LogP) is 2.98. The van der Waals surface area contributed by atoms with Gasteiger partial charge in [-0.2, -0.15) is 0 Å². The zero-order chi connectivity index (χ0) is 9.26. The molecule has 0 N–H and O–H groups in total. The topological polar surface area (TPSA) is 17.8 Å². The van der Waals surface area contributed by atoms with Crippen molar-refractivity contribution in [2.75, 3.05) is 0 Å². The van der Waals surface area contributed by atoms with Gasteiger partial charge in [-0.05, 0) is 24.1 Å². The molecule has 0 radical (unpaired) electrons. The Kier molecular flexibility index (Phi) is 2.22. The number of nitrogens with zero attached hydrogens (tertiary/aromatic N) is 2. The second-order valence-corrected chi connectivity index (χ2v) is 3.35. The summed E-state index contributed by atoms with van der Waals surface area (Å²) in [7, 11) is 0. The molecule has 0 aliphatic carbocycles. The molecule has 0 aliphatic heterocycles. The van der Waals surface area contributed by atoms with Crippen LogP contribution in [0.5, 0.6) is 0 Å². The quantitative estimate of drug-likeness (QED) is 0.734. The molecule has 0 atom stereocenters.